The van der Waals surface area contributed by atoms with E-state index in [1.807, 2.05) is 0 Å². The lowest BCUT2D eigenvalue weighted by atomic mass is 10.00. The minimum absolute atomic E-state index is 0.0432. The fraction of sp³-hybridized carbons (Fsp3) is 0.824. The predicted octanol–water partition coefficient (Wildman–Crippen LogP) is 3.79. The summed E-state index contributed by atoms with van der Waals surface area (Å²) in [7, 11) is 0. The molecule has 1 aliphatic rings. The average molecular weight is 281 g/mol. The molecule has 0 spiro atoms. The quantitative estimate of drug-likeness (QED) is 0.404. The Balaban J connectivity index is 2.25. The monoisotopic (exact) mass is 281 g/mol. The molecular formula is C17H31NO2. The van der Waals surface area contributed by atoms with Gasteiger partial charge in [0.2, 0.25) is 0 Å². The minimum Gasteiger partial charge on any atom is -0.464 e. The van der Waals surface area contributed by atoms with Crippen molar-refractivity contribution in [3.63, 3.8) is 0 Å². The number of carbonyl (C=O) groups excluding carboxylic acids is 1. The Morgan fingerprint density at radius 2 is 2.15 bits per heavy atom. The van der Waals surface area contributed by atoms with Gasteiger partial charge in [0.15, 0.2) is 0 Å². The summed E-state index contributed by atoms with van der Waals surface area (Å²) in [5.74, 6) is 0.499. The Kier molecular flexibility index (Phi) is 7.90. The predicted molar refractivity (Wildman–Crippen MR) is 83.7 cm³/mol. The fourth-order valence-corrected chi connectivity index (χ4v) is 2.66. The van der Waals surface area contributed by atoms with Crippen molar-refractivity contribution in [2.75, 3.05) is 19.7 Å². The molecule has 0 radical (unpaired) electrons. The van der Waals surface area contributed by atoms with Gasteiger partial charge < -0.3 is 4.74 Å². The standard InChI is InChI=1S/C17H31NO2/c1-5-6-7-8-17(19)20-12-11-18-13-15(3)14(2)9-10-16(18)4/h15-16H,2,5-13H2,1,3-4H3. The van der Waals surface area contributed by atoms with Crippen LogP contribution in [0.1, 0.15) is 59.3 Å². The maximum atomic E-state index is 11.6. The van der Waals surface area contributed by atoms with E-state index in [9.17, 15) is 4.79 Å². The molecule has 2 unspecified atom stereocenters. The van der Waals surface area contributed by atoms with Gasteiger partial charge in [0.25, 0.3) is 0 Å². The number of carbonyl (C=O) groups is 1. The van der Waals surface area contributed by atoms with Crippen LogP contribution in [0.2, 0.25) is 0 Å². The molecule has 0 aliphatic carbocycles. The van der Waals surface area contributed by atoms with Crippen LogP contribution in [0.5, 0.6) is 0 Å². The third kappa shape index (κ3) is 6.08. The van der Waals surface area contributed by atoms with E-state index in [4.69, 9.17) is 4.74 Å². The molecule has 1 saturated heterocycles. The van der Waals surface area contributed by atoms with E-state index in [2.05, 4.69) is 32.3 Å². The van der Waals surface area contributed by atoms with Crippen LogP contribution in [0, 0.1) is 5.92 Å². The highest BCUT2D eigenvalue weighted by Crippen LogP contribution is 2.24. The summed E-state index contributed by atoms with van der Waals surface area (Å²) in [6.45, 7) is 13.2. The smallest absolute Gasteiger partial charge is 0.305 e. The van der Waals surface area contributed by atoms with Crippen molar-refractivity contribution in [2.24, 2.45) is 5.92 Å². The van der Waals surface area contributed by atoms with E-state index in [0.717, 1.165) is 45.2 Å². The zero-order valence-electron chi connectivity index (χ0n) is 13.5. The number of esters is 1. The maximum Gasteiger partial charge on any atom is 0.305 e. The molecule has 0 aromatic rings. The van der Waals surface area contributed by atoms with E-state index in [0.29, 0.717) is 25.0 Å². The summed E-state index contributed by atoms with van der Waals surface area (Å²) in [6, 6.07) is 0.551. The first-order valence-corrected chi connectivity index (χ1v) is 8.12. The number of likely N-dealkylation sites (tertiary alicyclic amines) is 1. The molecule has 3 heteroatoms. The number of unbranched alkanes of at least 4 members (excludes halogenated alkanes) is 2. The van der Waals surface area contributed by atoms with E-state index in [-0.39, 0.29) is 5.97 Å². The second-order valence-electron chi connectivity index (χ2n) is 6.12. The van der Waals surface area contributed by atoms with Crippen molar-refractivity contribution in [3.05, 3.63) is 12.2 Å². The topological polar surface area (TPSA) is 29.5 Å². The third-order valence-electron chi connectivity index (χ3n) is 4.34. The molecular weight excluding hydrogens is 250 g/mol. The molecule has 2 atom stereocenters. The molecule has 1 fully saturated rings. The Morgan fingerprint density at radius 3 is 2.85 bits per heavy atom. The Bertz CT molecular complexity index is 314. The van der Waals surface area contributed by atoms with Crippen LogP contribution in [-0.4, -0.2) is 36.6 Å². The highest BCUT2D eigenvalue weighted by molar-refractivity contribution is 5.69. The minimum atomic E-state index is -0.0432. The van der Waals surface area contributed by atoms with Crippen LogP contribution in [0.3, 0.4) is 0 Å². The van der Waals surface area contributed by atoms with Gasteiger partial charge in [-0.15, -0.1) is 0 Å². The van der Waals surface area contributed by atoms with Crippen LogP contribution in [0.25, 0.3) is 0 Å². The van der Waals surface area contributed by atoms with Crippen molar-refractivity contribution in [2.45, 2.75) is 65.3 Å². The molecule has 1 aliphatic heterocycles. The summed E-state index contributed by atoms with van der Waals surface area (Å²) in [4.78, 5) is 14.0. The Labute approximate surface area is 124 Å². The Hall–Kier alpha value is -0.830. The van der Waals surface area contributed by atoms with Crippen molar-refractivity contribution in [1.29, 1.82) is 0 Å². The molecule has 20 heavy (non-hydrogen) atoms. The highest BCUT2D eigenvalue weighted by Gasteiger charge is 2.22. The van der Waals surface area contributed by atoms with Gasteiger partial charge in [-0.25, -0.2) is 0 Å². The van der Waals surface area contributed by atoms with E-state index in [1.54, 1.807) is 0 Å². The molecule has 0 amide bonds. The number of nitrogens with zero attached hydrogens (tertiary/aromatic N) is 1. The first kappa shape index (κ1) is 17.2. The molecule has 1 rings (SSSR count). The number of ether oxygens (including phenoxy) is 1. The average Bonchev–Trinajstić information content (AvgIpc) is 2.53. The highest BCUT2D eigenvalue weighted by atomic mass is 16.5. The molecule has 1 heterocycles. The first-order chi connectivity index (χ1) is 9.54. The van der Waals surface area contributed by atoms with Crippen LogP contribution in [0.4, 0.5) is 0 Å². The zero-order valence-corrected chi connectivity index (χ0v) is 13.5. The van der Waals surface area contributed by atoms with Gasteiger partial charge in [-0.3, -0.25) is 9.69 Å². The first-order valence-electron chi connectivity index (χ1n) is 8.12. The second-order valence-corrected chi connectivity index (χ2v) is 6.12. The second kappa shape index (κ2) is 9.17. The number of hydrogen-bond donors (Lipinski definition) is 0. The van der Waals surface area contributed by atoms with Crippen LogP contribution in [0.15, 0.2) is 12.2 Å². The lowest BCUT2D eigenvalue weighted by Crippen LogP contribution is -2.37. The molecule has 0 aromatic carbocycles. The van der Waals surface area contributed by atoms with Crippen LogP contribution in [-0.2, 0) is 9.53 Å². The van der Waals surface area contributed by atoms with Gasteiger partial charge in [0.1, 0.15) is 6.61 Å². The molecule has 0 aromatic heterocycles. The van der Waals surface area contributed by atoms with Gasteiger partial charge in [0, 0.05) is 25.6 Å². The lowest BCUT2D eigenvalue weighted by molar-refractivity contribution is -0.144. The van der Waals surface area contributed by atoms with Gasteiger partial charge in [-0.05, 0) is 32.1 Å². The maximum absolute atomic E-state index is 11.6. The molecule has 0 bridgehead atoms. The van der Waals surface area contributed by atoms with E-state index >= 15 is 0 Å². The van der Waals surface area contributed by atoms with Gasteiger partial charge in [0.05, 0.1) is 0 Å². The molecule has 3 nitrogen and oxygen atoms in total. The van der Waals surface area contributed by atoms with Crippen molar-refractivity contribution in [1.82, 2.24) is 4.90 Å². The molecule has 0 N–H and O–H groups in total. The summed E-state index contributed by atoms with van der Waals surface area (Å²) >= 11 is 0. The SMILES string of the molecule is C=C1CCC(C)N(CCOC(=O)CCCCC)CC1C. The van der Waals surface area contributed by atoms with Gasteiger partial charge >= 0.3 is 5.97 Å². The summed E-state index contributed by atoms with van der Waals surface area (Å²) in [5, 5.41) is 0. The van der Waals surface area contributed by atoms with Crippen LogP contribution >= 0.6 is 0 Å². The normalized spacial score (nSPS) is 24.4. The van der Waals surface area contributed by atoms with E-state index in [1.165, 1.54) is 5.57 Å². The largest absolute Gasteiger partial charge is 0.464 e. The van der Waals surface area contributed by atoms with Crippen molar-refractivity contribution in [3.8, 4) is 0 Å². The number of hydrogen-bond acceptors (Lipinski definition) is 3. The lowest BCUT2D eigenvalue weighted by Gasteiger charge is -2.28. The van der Waals surface area contributed by atoms with Gasteiger partial charge in [-0.2, -0.15) is 0 Å². The van der Waals surface area contributed by atoms with Gasteiger partial charge in [-0.1, -0.05) is 38.8 Å². The molecule has 116 valence electrons. The van der Waals surface area contributed by atoms with Crippen molar-refractivity contribution >= 4 is 5.97 Å². The summed E-state index contributed by atoms with van der Waals surface area (Å²) in [6.07, 6.45) is 6.05. The molecule has 0 saturated carbocycles. The fourth-order valence-electron chi connectivity index (χ4n) is 2.66. The number of rotatable bonds is 7. The summed E-state index contributed by atoms with van der Waals surface area (Å²) < 4.78 is 5.34. The van der Waals surface area contributed by atoms with E-state index < -0.39 is 0 Å². The summed E-state index contributed by atoms with van der Waals surface area (Å²) in [5.41, 5.74) is 1.36. The van der Waals surface area contributed by atoms with Crippen LogP contribution < -0.4 is 0 Å². The zero-order chi connectivity index (χ0) is 15.0. The third-order valence-corrected chi connectivity index (χ3v) is 4.34. The van der Waals surface area contributed by atoms with Crippen molar-refractivity contribution < 1.29 is 9.53 Å². The Morgan fingerprint density at radius 1 is 1.40 bits per heavy atom.